The first-order valence-corrected chi connectivity index (χ1v) is 9.24. The summed E-state index contributed by atoms with van der Waals surface area (Å²) in [5.41, 5.74) is 1.64. The van der Waals surface area contributed by atoms with Crippen LogP contribution in [0.1, 0.15) is 23.6 Å². The number of carbonyl (C=O) groups excluding carboxylic acids is 2. The van der Waals surface area contributed by atoms with Crippen LogP contribution >= 0.6 is 0 Å². The number of hydrogen-bond acceptors (Lipinski definition) is 6. The van der Waals surface area contributed by atoms with Gasteiger partial charge in [-0.1, -0.05) is 24.3 Å². The van der Waals surface area contributed by atoms with Crippen molar-refractivity contribution < 1.29 is 23.8 Å². The zero-order chi connectivity index (χ0) is 19.9. The van der Waals surface area contributed by atoms with Crippen molar-refractivity contribution in [2.24, 2.45) is 5.41 Å². The van der Waals surface area contributed by atoms with E-state index in [9.17, 15) is 9.59 Å². The first kappa shape index (κ1) is 18.3. The van der Waals surface area contributed by atoms with E-state index in [1.807, 2.05) is 42.5 Å². The summed E-state index contributed by atoms with van der Waals surface area (Å²) in [4.78, 5) is 28.2. The summed E-state index contributed by atoms with van der Waals surface area (Å²) in [6.45, 7) is 0. The maximum atomic E-state index is 13.0. The van der Waals surface area contributed by atoms with Crippen molar-refractivity contribution in [3.05, 3.63) is 59.7 Å². The van der Waals surface area contributed by atoms with Crippen LogP contribution in [-0.4, -0.2) is 39.3 Å². The predicted molar refractivity (Wildman–Crippen MR) is 103 cm³/mol. The molecule has 0 saturated carbocycles. The molecule has 2 aliphatic heterocycles. The van der Waals surface area contributed by atoms with E-state index in [0.29, 0.717) is 6.42 Å². The molecular formula is C22H23NO5. The minimum absolute atomic E-state index is 0.0218. The van der Waals surface area contributed by atoms with E-state index in [1.54, 1.807) is 7.11 Å². The average Bonchev–Trinajstić information content (AvgIpc) is 3.00. The van der Waals surface area contributed by atoms with Crippen molar-refractivity contribution in [1.82, 2.24) is 0 Å². The van der Waals surface area contributed by atoms with Gasteiger partial charge in [-0.2, -0.15) is 0 Å². The van der Waals surface area contributed by atoms with E-state index in [1.165, 1.54) is 14.2 Å². The molecule has 2 heterocycles. The van der Waals surface area contributed by atoms with Crippen LogP contribution in [-0.2, 0) is 25.5 Å². The maximum Gasteiger partial charge on any atom is 0.325 e. The normalized spacial score (nSPS) is 21.6. The number of nitrogens with zero attached hydrogens (tertiary/aromatic N) is 1. The van der Waals surface area contributed by atoms with Crippen LogP contribution in [0.25, 0.3) is 0 Å². The van der Waals surface area contributed by atoms with E-state index < -0.39 is 23.4 Å². The maximum absolute atomic E-state index is 13.0. The van der Waals surface area contributed by atoms with Crippen molar-refractivity contribution in [3.63, 3.8) is 0 Å². The number of ether oxygens (including phenoxy) is 3. The number of esters is 2. The summed E-state index contributed by atoms with van der Waals surface area (Å²) in [6.07, 6.45) is 1.09. The number of carbonyl (C=O) groups is 2. The third kappa shape index (κ3) is 2.47. The molecule has 0 aromatic heterocycles. The summed E-state index contributed by atoms with van der Waals surface area (Å²) in [5.74, 6) is -0.357. The van der Waals surface area contributed by atoms with Crippen LogP contribution in [0.3, 0.4) is 0 Å². The molecule has 2 bridgehead atoms. The highest BCUT2D eigenvalue weighted by molar-refractivity contribution is 6.03. The Bertz CT molecular complexity index is 891. The molecule has 1 saturated heterocycles. The molecule has 6 heteroatoms. The van der Waals surface area contributed by atoms with Gasteiger partial charge in [0.15, 0.2) is 5.41 Å². The van der Waals surface area contributed by atoms with Crippen LogP contribution < -0.4 is 9.64 Å². The largest absolute Gasteiger partial charge is 0.497 e. The monoisotopic (exact) mass is 381 g/mol. The molecule has 0 N–H and O–H groups in total. The molecule has 6 nitrogen and oxygen atoms in total. The highest BCUT2D eigenvalue weighted by atomic mass is 16.5. The zero-order valence-electron chi connectivity index (χ0n) is 16.2. The standard InChI is InChI=1S/C22H23NO5/c1-26-17-10-8-15(9-11-17)23-16-12-14-6-4-5-7-18(14)19(23)22(13-16,20(24)27-2)21(25)28-3/h4-11,16,19H,12-13H2,1-3H3/t16-,19+/m1/s1. The van der Waals surface area contributed by atoms with Crippen molar-refractivity contribution >= 4 is 17.6 Å². The van der Waals surface area contributed by atoms with E-state index in [-0.39, 0.29) is 6.04 Å². The minimum atomic E-state index is -1.40. The number of hydrogen-bond donors (Lipinski definition) is 0. The summed E-state index contributed by atoms with van der Waals surface area (Å²) in [5, 5.41) is 0. The minimum Gasteiger partial charge on any atom is -0.497 e. The number of anilines is 1. The van der Waals surface area contributed by atoms with E-state index in [0.717, 1.165) is 29.0 Å². The van der Waals surface area contributed by atoms with Gasteiger partial charge in [-0.15, -0.1) is 0 Å². The number of methoxy groups -OCH3 is 3. The highest BCUT2D eigenvalue weighted by Gasteiger charge is 2.65. The molecule has 0 amide bonds. The average molecular weight is 381 g/mol. The van der Waals surface area contributed by atoms with Gasteiger partial charge < -0.3 is 19.1 Å². The third-order valence-corrected chi connectivity index (χ3v) is 5.97. The summed E-state index contributed by atoms with van der Waals surface area (Å²) >= 11 is 0. The van der Waals surface area contributed by atoms with Gasteiger partial charge in [0, 0.05) is 11.7 Å². The van der Waals surface area contributed by atoms with Gasteiger partial charge in [-0.3, -0.25) is 9.59 Å². The molecular weight excluding hydrogens is 358 g/mol. The summed E-state index contributed by atoms with van der Waals surface area (Å²) in [6, 6.07) is 15.1. The molecule has 28 heavy (non-hydrogen) atoms. The lowest BCUT2D eigenvalue weighted by Crippen LogP contribution is -2.47. The van der Waals surface area contributed by atoms with Gasteiger partial charge in [0.2, 0.25) is 0 Å². The van der Waals surface area contributed by atoms with E-state index >= 15 is 0 Å². The van der Waals surface area contributed by atoms with Crippen molar-refractivity contribution in [1.29, 1.82) is 0 Å². The molecule has 2 aliphatic rings. The van der Waals surface area contributed by atoms with Gasteiger partial charge in [-0.05, 0) is 48.2 Å². The van der Waals surface area contributed by atoms with Gasteiger partial charge >= 0.3 is 11.9 Å². The Morgan fingerprint density at radius 3 is 2.21 bits per heavy atom. The molecule has 0 spiro atoms. The molecule has 2 aromatic rings. The quantitative estimate of drug-likeness (QED) is 0.599. The van der Waals surface area contributed by atoms with E-state index in [4.69, 9.17) is 14.2 Å². The molecule has 1 fully saturated rings. The zero-order valence-corrected chi connectivity index (χ0v) is 16.2. The smallest absolute Gasteiger partial charge is 0.325 e. The van der Waals surface area contributed by atoms with E-state index in [2.05, 4.69) is 11.0 Å². The fourth-order valence-electron chi connectivity index (χ4n) is 4.81. The summed E-state index contributed by atoms with van der Waals surface area (Å²) in [7, 11) is 4.26. The Morgan fingerprint density at radius 2 is 1.61 bits per heavy atom. The second-order valence-corrected chi connectivity index (χ2v) is 7.22. The Labute approximate surface area is 164 Å². The van der Waals surface area contributed by atoms with Crippen LogP contribution in [0.15, 0.2) is 48.5 Å². The van der Waals surface area contributed by atoms with Gasteiger partial charge in [-0.25, -0.2) is 0 Å². The summed E-state index contributed by atoms with van der Waals surface area (Å²) < 4.78 is 15.5. The van der Waals surface area contributed by atoms with Crippen molar-refractivity contribution in [2.45, 2.75) is 24.9 Å². The van der Waals surface area contributed by atoms with Gasteiger partial charge in [0.05, 0.1) is 27.4 Å². The first-order chi connectivity index (χ1) is 13.6. The second kappa shape index (κ2) is 6.86. The number of rotatable bonds is 4. The molecule has 146 valence electrons. The highest BCUT2D eigenvalue weighted by Crippen LogP contribution is 2.57. The lowest BCUT2D eigenvalue weighted by molar-refractivity contribution is -0.169. The second-order valence-electron chi connectivity index (χ2n) is 7.22. The topological polar surface area (TPSA) is 65.1 Å². The van der Waals surface area contributed by atoms with Crippen LogP contribution in [0, 0.1) is 5.41 Å². The van der Waals surface area contributed by atoms with Gasteiger partial charge in [0.25, 0.3) is 0 Å². The molecule has 0 aliphatic carbocycles. The molecule has 4 rings (SSSR count). The molecule has 0 unspecified atom stereocenters. The SMILES string of the molecule is COC(=O)C1(C(=O)OC)C[C@H]2Cc3ccccc3[C@@H]1N2c1ccc(OC)cc1. The van der Waals surface area contributed by atoms with Crippen molar-refractivity contribution in [3.8, 4) is 5.75 Å². The molecule has 2 atom stereocenters. The van der Waals surface area contributed by atoms with Crippen molar-refractivity contribution in [2.75, 3.05) is 26.2 Å². The Hall–Kier alpha value is -3.02. The van der Waals surface area contributed by atoms with Crippen LogP contribution in [0.2, 0.25) is 0 Å². The van der Waals surface area contributed by atoms with Crippen LogP contribution in [0.5, 0.6) is 5.75 Å². The lowest BCUT2D eigenvalue weighted by Gasteiger charge is -2.40. The fraction of sp³-hybridized carbons (Fsp3) is 0.364. The lowest BCUT2D eigenvalue weighted by atomic mass is 9.76. The molecule has 2 aromatic carbocycles. The Morgan fingerprint density at radius 1 is 0.964 bits per heavy atom. The Kier molecular flexibility index (Phi) is 4.49. The number of benzene rings is 2. The van der Waals surface area contributed by atoms with Crippen LogP contribution in [0.4, 0.5) is 5.69 Å². The Balaban J connectivity index is 1.91. The predicted octanol–water partition coefficient (Wildman–Crippen LogP) is 2.90. The number of fused-ring (bicyclic) bond motifs is 4. The van der Waals surface area contributed by atoms with Gasteiger partial charge in [0.1, 0.15) is 5.75 Å². The molecule has 0 radical (unpaired) electrons. The third-order valence-electron chi connectivity index (χ3n) is 5.97. The first-order valence-electron chi connectivity index (χ1n) is 9.24. The fourth-order valence-corrected chi connectivity index (χ4v) is 4.81.